The Morgan fingerprint density at radius 1 is 0.617 bits per heavy atom. The molecule has 0 radical (unpaired) electrons. The Balaban J connectivity index is 1.27. The number of ether oxygens (including phenoxy) is 2. The highest BCUT2D eigenvalue weighted by Gasteiger charge is 2.64. The minimum Gasteiger partial charge on any atom is -0.481 e. The zero-order valence-electron chi connectivity index (χ0n) is 25.8. The van der Waals surface area contributed by atoms with E-state index in [1.165, 1.54) is 4.90 Å². The molecule has 0 heterocycles. The zero-order chi connectivity index (χ0) is 33.3. The summed E-state index contributed by atoms with van der Waals surface area (Å²) in [5.74, 6) is -7.30. The Kier molecular flexibility index (Phi) is 10.5. The van der Waals surface area contributed by atoms with Crippen molar-refractivity contribution in [2.24, 2.45) is 23.7 Å². The average molecular weight is 637 g/mol. The number of benzene rings is 4. The normalized spacial score (nSPS) is 18.3. The number of hydrogen-bond acceptors (Lipinski definition) is 6. The number of amides is 2. The van der Waals surface area contributed by atoms with Crippen LogP contribution in [0.15, 0.2) is 109 Å². The molecule has 0 aliphatic heterocycles. The Hall–Kier alpha value is -5.64. The van der Waals surface area contributed by atoms with Gasteiger partial charge in [0.1, 0.15) is 23.0 Å². The van der Waals surface area contributed by atoms with E-state index in [0.717, 1.165) is 11.1 Å². The van der Waals surface area contributed by atoms with Gasteiger partial charge in [0.2, 0.25) is 11.8 Å². The fourth-order valence-electron chi connectivity index (χ4n) is 5.86. The van der Waals surface area contributed by atoms with Gasteiger partial charge in [-0.3, -0.25) is 19.2 Å². The van der Waals surface area contributed by atoms with Crippen molar-refractivity contribution >= 4 is 23.8 Å². The van der Waals surface area contributed by atoms with Crippen LogP contribution in [0.1, 0.15) is 24.5 Å². The van der Waals surface area contributed by atoms with Crippen LogP contribution in [0.5, 0.6) is 23.0 Å². The van der Waals surface area contributed by atoms with Gasteiger partial charge in [-0.1, -0.05) is 67.6 Å². The van der Waals surface area contributed by atoms with Crippen molar-refractivity contribution in [3.05, 3.63) is 120 Å². The molecule has 5 rings (SSSR count). The first kappa shape index (κ1) is 32.7. The van der Waals surface area contributed by atoms with Crippen LogP contribution in [0.25, 0.3) is 0 Å². The van der Waals surface area contributed by atoms with Gasteiger partial charge in [0.15, 0.2) is 0 Å². The minimum absolute atomic E-state index is 0.0576. The molecule has 0 unspecified atom stereocenters. The van der Waals surface area contributed by atoms with E-state index in [4.69, 9.17) is 9.47 Å². The third-order valence-corrected chi connectivity index (χ3v) is 8.16. The summed E-state index contributed by atoms with van der Waals surface area (Å²) in [5.41, 5.74) is 1.49. The molecule has 4 atom stereocenters. The highest BCUT2D eigenvalue weighted by Crippen LogP contribution is 2.48. The number of carbonyl (C=O) groups is 4. The monoisotopic (exact) mass is 636 g/mol. The van der Waals surface area contributed by atoms with Crippen molar-refractivity contribution in [1.82, 2.24) is 10.2 Å². The van der Waals surface area contributed by atoms with Gasteiger partial charge >= 0.3 is 11.9 Å². The van der Waals surface area contributed by atoms with Crippen LogP contribution in [0.2, 0.25) is 0 Å². The lowest BCUT2D eigenvalue weighted by atomic mass is 9.55. The van der Waals surface area contributed by atoms with Crippen molar-refractivity contribution in [2.75, 3.05) is 6.54 Å². The molecule has 1 saturated carbocycles. The second-order valence-electron chi connectivity index (χ2n) is 11.4. The lowest BCUT2D eigenvalue weighted by Gasteiger charge is -2.47. The molecule has 4 aromatic rings. The lowest BCUT2D eigenvalue weighted by Crippen LogP contribution is -2.63. The molecule has 1 aliphatic carbocycles. The zero-order valence-corrected chi connectivity index (χ0v) is 25.8. The van der Waals surface area contributed by atoms with Crippen LogP contribution in [-0.4, -0.2) is 45.4 Å². The second kappa shape index (κ2) is 15.1. The Morgan fingerprint density at radius 3 is 1.53 bits per heavy atom. The summed E-state index contributed by atoms with van der Waals surface area (Å²) < 4.78 is 11.6. The second-order valence-corrected chi connectivity index (χ2v) is 11.4. The summed E-state index contributed by atoms with van der Waals surface area (Å²) in [6, 6.07) is 32.7. The quantitative estimate of drug-likeness (QED) is 0.154. The van der Waals surface area contributed by atoms with E-state index in [-0.39, 0.29) is 13.1 Å². The van der Waals surface area contributed by atoms with E-state index in [9.17, 15) is 29.4 Å². The van der Waals surface area contributed by atoms with Crippen LogP contribution in [0, 0.1) is 23.7 Å². The fraction of sp³-hybridized carbons (Fsp3) is 0.243. The van der Waals surface area contributed by atoms with Crippen molar-refractivity contribution in [3.8, 4) is 23.0 Å². The van der Waals surface area contributed by atoms with Crippen LogP contribution in [0.3, 0.4) is 0 Å². The standard InChI is InChI=1S/C37H36N2O8/c1-2-21-39(23-25-15-19-29(20-16-25)47-27-11-7-4-8-12-27)35(41)31-30(32(36(42)43)33(31)37(44)45)34(40)38-22-24-13-17-28(18-14-24)46-26-9-5-3-6-10-26/h3-20,30-33H,2,21-23H2,1H3,(H,38,40)(H,42,43)(H,44,45)/t30-,31-,32-,33-/m1/s1. The van der Waals surface area contributed by atoms with Crippen molar-refractivity contribution in [3.63, 3.8) is 0 Å². The predicted molar refractivity (Wildman–Crippen MR) is 173 cm³/mol. The van der Waals surface area contributed by atoms with Crippen molar-refractivity contribution in [1.29, 1.82) is 0 Å². The Bertz CT molecular complexity index is 1680. The molecule has 1 fully saturated rings. The van der Waals surface area contributed by atoms with Gasteiger partial charge in [0, 0.05) is 19.6 Å². The van der Waals surface area contributed by atoms with Crippen LogP contribution in [-0.2, 0) is 32.3 Å². The van der Waals surface area contributed by atoms with E-state index >= 15 is 0 Å². The van der Waals surface area contributed by atoms with Crippen LogP contribution in [0.4, 0.5) is 0 Å². The lowest BCUT2D eigenvalue weighted by molar-refractivity contribution is -0.184. The molecule has 0 spiro atoms. The molecule has 10 nitrogen and oxygen atoms in total. The maximum absolute atomic E-state index is 13.9. The van der Waals surface area contributed by atoms with Gasteiger partial charge in [-0.25, -0.2) is 0 Å². The maximum atomic E-state index is 13.9. The van der Waals surface area contributed by atoms with E-state index in [2.05, 4.69) is 5.32 Å². The average Bonchev–Trinajstić information content (AvgIpc) is 3.05. The summed E-state index contributed by atoms with van der Waals surface area (Å²) >= 11 is 0. The van der Waals surface area contributed by atoms with Crippen LogP contribution >= 0.6 is 0 Å². The number of para-hydroxylation sites is 2. The van der Waals surface area contributed by atoms with Gasteiger partial charge < -0.3 is 29.9 Å². The van der Waals surface area contributed by atoms with E-state index in [1.807, 2.05) is 79.7 Å². The van der Waals surface area contributed by atoms with Crippen LogP contribution < -0.4 is 14.8 Å². The molecule has 0 saturated heterocycles. The highest BCUT2D eigenvalue weighted by atomic mass is 16.5. The van der Waals surface area contributed by atoms with Gasteiger partial charge in [0.25, 0.3) is 0 Å². The molecule has 242 valence electrons. The predicted octanol–water partition coefficient (Wildman–Crippen LogP) is 5.97. The number of carboxylic acid groups (broad SMARTS) is 2. The molecular weight excluding hydrogens is 600 g/mol. The van der Waals surface area contributed by atoms with E-state index < -0.39 is 47.4 Å². The van der Waals surface area contributed by atoms with E-state index in [1.54, 1.807) is 36.4 Å². The topological polar surface area (TPSA) is 142 Å². The maximum Gasteiger partial charge on any atom is 0.308 e. The molecule has 0 aromatic heterocycles. The third-order valence-electron chi connectivity index (χ3n) is 8.16. The number of carboxylic acids is 2. The number of nitrogens with one attached hydrogen (secondary N) is 1. The molecule has 0 bridgehead atoms. The SMILES string of the molecule is CCCN(Cc1ccc(Oc2ccccc2)cc1)C(=O)[C@H]1[C@@H](C(=O)O)[C@H](C(=O)O)[C@@H]1C(=O)NCc1ccc(Oc2ccccc2)cc1. The first-order chi connectivity index (χ1) is 22.7. The summed E-state index contributed by atoms with van der Waals surface area (Å²) in [6.45, 7) is 2.40. The smallest absolute Gasteiger partial charge is 0.308 e. The van der Waals surface area contributed by atoms with Crippen molar-refractivity contribution in [2.45, 2.75) is 26.4 Å². The molecule has 3 N–H and O–H groups in total. The number of aliphatic carboxylic acids is 2. The molecular formula is C37H36N2O8. The molecule has 1 aliphatic rings. The van der Waals surface area contributed by atoms with Gasteiger partial charge in [-0.15, -0.1) is 0 Å². The largest absolute Gasteiger partial charge is 0.481 e. The van der Waals surface area contributed by atoms with Crippen molar-refractivity contribution < 1.29 is 38.9 Å². The minimum atomic E-state index is -1.54. The number of nitrogens with zero attached hydrogens (tertiary/aromatic N) is 1. The van der Waals surface area contributed by atoms with Gasteiger partial charge in [-0.2, -0.15) is 0 Å². The summed E-state index contributed by atoms with van der Waals surface area (Å²) in [6.07, 6.45) is 0.578. The first-order valence-electron chi connectivity index (χ1n) is 15.4. The third kappa shape index (κ3) is 7.96. The molecule has 4 aromatic carbocycles. The molecule has 2 amide bonds. The Labute approximate surface area is 272 Å². The highest BCUT2D eigenvalue weighted by molar-refractivity contribution is 5.99. The van der Waals surface area contributed by atoms with Gasteiger partial charge in [-0.05, 0) is 66.1 Å². The number of hydrogen-bond donors (Lipinski definition) is 3. The summed E-state index contributed by atoms with van der Waals surface area (Å²) in [4.78, 5) is 53.3. The first-order valence-corrected chi connectivity index (χ1v) is 15.4. The Morgan fingerprint density at radius 2 is 1.06 bits per heavy atom. The van der Waals surface area contributed by atoms with E-state index in [0.29, 0.717) is 36.0 Å². The van der Waals surface area contributed by atoms with Gasteiger partial charge in [0.05, 0.1) is 23.7 Å². The summed E-state index contributed by atoms with van der Waals surface area (Å²) in [7, 11) is 0. The number of rotatable bonds is 14. The molecule has 47 heavy (non-hydrogen) atoms. The summed E-state index contributed by atoms with van der Waals surface area (Å²) in [5, 5.41) is 22.6. The number of carbonyl (C=O) groups excluding carboxylic acids is 2. The molecule has 10 heteroatoms. The fourth-order valence-corrected chi connectivity index (χ4v) is 5.86.